The zero-order chi connectivity index (χ0) is 20.8. The van der Waals surface area contributed by atoms with Crippen molar-refractivity contribution in [1.29, 1.82) is 0 Å². The normalized spacial score (nSPS) is 10.9. The number of amides is 1. The number of hydrogen-bond acceptors (Lipinski definition) is 6. The Labute approximate surface area is 169 Å². The van der Waals surface area contributed by atoms with E-state index in [1.165, 1.54) is 22.9 Å². The third kappa shape index (κ3) is 5.23. The number of anilines is 1. The number of hydrogen-bond donors (Lipinski definition) is 1. The van der Waals surface area contributed by atoms with Crippen LogP contribution >= 0.6 is 11.3 Å². The summed E-state index contributed by atoms with van der Waals surface area (Å²) in [7, 11) is 0. The Morgan fingerprint density at radius 2 is 2.07 bits per heavy atom. The molecule has 0 aliphatic heterocycles. The van der Waals surface area contributed by atoms with E-state index in [0.29, 0.717) is 17.8 Å². The van der Waals surface area contributed by atoms with Gasteiger partial charge in [0.05, 0.1) is 5.69 Å². The first-order valence-electron chi connectivity index (χ1n) is 8.87. The number of nitrogens with one attached hydrogen (secondary N) is 1. The Morgan fingerprint density at radius 1 is 1.28 bits per heavy atom. The van der Waals surface area contributed by atoms with E-state index in [0.717, 1.165) is 24.2 Å². The largest absolute Gasteiger partial charge is 0.434 e. The number of halogens is 2. The van der Waals surface area contributed by atoms with Crippen LogP contribution in [0.15, 0.2) is 46.6 Å². The number of thiazole rings is 1. The maximum atomic E-state index is 12.6. The fraction of sp³-hybridized carbons (Fsp3) is 0.263. The first-order valence-corrected chi connectivity index (χ1v) is 9.75. The van der Waals surface area contributed by atoms with Gasteiger partial charge in [-0.15, -0.1) is 11.3 Å². The van der Waals surface area contributed by atoms with E-state index >= 15 is 0 Å². The minimum absolute atomic E-state index is 0.00431. The summed E-state index contributed by atoms with van der Waals surface area (Å²) in [5.41, 5.74) is 0.583. The standard InChI is InChI=1S/C19H18F2N4O3S/c1-2-3-10-25-16(26)9-8-13(24-25)17(27)23-19-22-14(11-29-19)12-6-4-5-7-15(12)28-18(20)21/h4-9,11,18H,2-3,10H2,1H3,(H,22,23,27). The number of carbonyl (C=O) groups is 1. The predicted molar refractivity (Wildman–Crippen MR) is 106 cm³/mol. The van der Waals surface area contributed by atoms with Gasteiger partial charge in [-0.3, -0.25) is 14.9 Å². The molecule has 0 aliphatic rings. The van der Waals surface area contributed by atoms with E-state index in [1.807, 2.05) is 6.92 Å². The molecule has 1 aromatic carbocycles. The minimum atomic E-state index is -2.96. The molecule has 0 saturated heterocycles. The molecule has 0 atom stereocenters. The third-order valence-electron chi connectivity index (χ3n) is 3.93. The zero-order valence-electron chi connectivity index (χ0n) is 15.5. The van der Waals surface area contributed by atoms with Gasteiger partial charge in [0.1, 0.15) is 11.4 Å². The van der Waals surface area contributed by atoms with Gasteiger partial charge in [0, 0.05) is 23.6 Å². The van der Waals surface area contributed by atoms with E-state index in [9.17, 15) is 18.4 Å². The van der Waals surface area contributed by atoms with Crippen LogP contribution in [0, 0.1) is 0 Å². The van der Waals surface area contributed by atoms with E-state index in [1.54, 1.807) is 23.6 Å². The molecular formula is C19H18F2N4O3S. The highest BCUT2D eigenvalue weighted by molar-refractivity contribution is 7.14. The molecule has 1 amide bonds. The molecule has 152 valence electrons. The lowest BCUT2D eigenvalue weighted by atomic mass is 10.1. The molecule has 3 rings (SSSR count). The molecule has 0 spiro atoms. The molecule has 0 aliphatic carbocycles. The second-order valence-electron chi connectivity index (χ2n) is 6.00. The van der Waals surface area contributed by atoms with Gasteiger partial charge in [-0.1, -0.05) is 25.5 Å². The van der Waals surface area contributed by atoms with Crippen LogP contribution < -0.4 is 15.6 Å². The monoisotopic (exact) mass is 420 g/mol. The second-order valence-corrected chi connectivity index (χ2v) is 6.86. The minimum Gasteiger partial charge on any atom is -0.434 e. The molecule has 3 aromatic rings. The molecule has 2 heterocycles. The van der Waals surface area contributed by atoms with Crippen molar-refractivity contribution in [2.24, 2.45) is 0 Å². The van der Waals surface area contributed by atoms with Gasteiger partial charge in [0.25, 0.3) is 11.5 Å². The Morgan fingerprint density at radius 3 is 2.83 bits per heavy atom. The SMILES string of the molecule is CCCCn1nc(C(=O)Nc2nc(-c3ccccc3OC(F)F)cs2)ccc1=O. The highest BCUT2D eigenvalue weighted by atomic mass is 32.1. The fourth-order valence-electron chi connectivity index (χ4n) is 2.53. The molecule has 2 aromatic heterocycles. The quantitative estimate of drug-likeness (QED) is 0.595. The van der Waals surface area contributed by atoms with Crippen molar-refractivity contribution in [3.63, 3.8) is 0 Å². The molecule has 29 heavy (non-hydrogen) atoms. The molecule has 7 nitrogen and oxygen atoms in total. The van der Waals surface area contributed by atoms with Gasteiger partial charge in [-0.05, 0) is 24.6 Å². The average molecular weight is 420 g/mol. The van der Waals surface area contributed by atoms with Crippen LogP contribution in [0.1, 0.15) is 30.3 Å². The van der Waals surface area contributed by atoms with Crippen LogP contribution in [0.3, 0.4) is 0 Å². The topological polar surface area (TPSA) is 86.1 Å². The summed E-state index contributed by atoms with van der Waals surface area (Å²) in [4.78, 5) is 28.6. The van der Waals surface area contributed by atoms with Crippen molar-refractivity contribution in [3.8, 4) is 17.0 Å². The van der Waals surface area contributed by atoms with Gasteiger partial charge in [0.15, 0.2) is 5.13 Å². The van der Waals surface area contributed by atoms with Crippen molar-refractivity contribution in [3.05, 3.63) is 57.8 Å². The highest BCUT2D eigenvalue weighted by Gasteiger charge is 2.16. The number of unbranched alkanes of at least 4 members (excludes halogenated alkanes) is 1. The number of aromatic nitrogens is 3. The Bertz CT molecular complexity index is 1050. The van der Waals surface area contributed by atoms with Crippen molar-refractivity contribution in [2.75, 3.05) is 5.32 Å². The summed E-state index contributed by atoms with van der Waals surface area (Å²) < 4.78 is 31.0. The van der Waals surface area contributed by atoms with Crippen molar-refractivity contribution in [2.45, 2.75) is 32.9 Å². The van der Waals surface area contributed by atoms with Crippen LogP contribution in [-0.4, -0.2) is 27.3 Å². The summed E-state index contributed by atoms with van der Waals surface area (Å²) in [6, 6.07) is 8.92. The Hall–Kier alpha value is -3.14. The number of benzene rings is 1. The number of aryl methyl sites for hydroxylation is 1. The molecule has 0 fully saturated rings. The second kappa shape index (κ2) is 9.37. The number of rotatable bonds is 8. The average Bonchev–Trinajstić information content (AvgIpc) is 3.15. The molecular weight excluding hydrogens is 402 g/mol. The summed E-state index contributed by atoms with van der Waals surface area (Å²) >= 11 is 1.13. The maximum Gasteiger partial charge on any atom is 0.387 e. The molecule has 1 N–H and O–H groups in total. The smallest absolute Gasteiger partial charge is 0.387 e. The lowest BCUT2D eigenvalue weighted by Crippen LogP contribution is -2.26. The van der Waals surface area contributed by atoms with Crippen molar-refractivity contribution < 1.29 is 18.3 Å². The lowest BCUT2D eigenvalue weighted by Gasteiger charge is -2.08. The fourth-order valence-corrected chi connectivity index (χ4v) is 3.24. The molecule has 0 unspecified atom stereocenters. The van der Waals surface area contributed by atoms with Crippen molar-refractivity contribution in [1.82, 2.24) is 14.8 Å². The van der Waals surface area contributed by atoms with Gasteiger partial charge in [-0.25, -0.2) is 9.67 Å². The Kier molecular flexibility index (Phi) is 6.65. The highest BCUT2D eigenvalue weighted by Crippen LogP contribution is 2.33. The van der Waals surface area contributed by atoms with E-state index in [2.05, 4.69) is 20.1 Å². The number of ether oxygens (including phenoxy) is 1. The van der Waals surface area contributed by atoms with Crippen LogP contribution in [0.25, 0.3) is 11.3 Å². The molecule has 0 saturated carbocycles. The molecule has 10 heteroatoms. The summed E-state index contributed by atoms with van der Waals surface area (Å²) in [5.74, 6) is -0.524. The molecule has 0 radical (unpaired) electrons. The zero-order valence-corrected chi connectivity index (χ0v) is 16.3. The van der Waals surface area contributed by atoms with E-state index in [4.69, 9.17) is 0 Å². The summed E-state index contributed by atoms with van der Waals surface area (Å²) in [6.45, 7) is -0.534. The number of carbonyl (C=O) groups excluding carboxylic acids is 1. The van der Waals surface area contributed by atoms with Crippen LogP contribution in [0.2, 0.25) is 0 Å². The Balaban J connectivity index is 1.77. The van der Waals surface area contributed by atoms with Crippen LogP contribution in [0.5, 0.6) is 5.75 Å². The van der Waals surface area contributed by atoms with Crippen LogP contribution in [0.4, 0.5) is 13.9 Å². The first-order chi connectivity index (χ1) is 14.0. The summed E-state index contributed by atoms with van der Waals surface area (Å²) in [6.07, 6.45) is 1.66. The van der Waals surface area contributed by atoms with E-state index in [-0.39, 0.29) is 22.1 Å². The van der Waals surface area contributed by atoms with Gasteiger partial charge >= 0.3 is 6.61 Å². The number of alkyl halides is 2. The van der Waals surface area contributed by atoms with Crippen LogP contribution in [-0.2, 0) is 6.54 Å². The first kappa shape index (κ1) is 20.6. The van der Waals surface area contributed by atoms with E-state index < -0.39 is 12.5 Å². The van der Waals surface area contributed by atoms with Gasteiger partial charge in [-0.2, -0.15) is 13.9 Å². The van der Waals surface area contributed by atoms with Gasteiger partial charge in [0.2, 0.25) is 0 Å². The number of para-hydroxylation sites is 1. The predicted octanol–water partition coefficient (Wildman–Crippen LogP) is 4.02. The van der Waals surface area contributed by atoms with Crippen molar-refractivity contribution >= 4 is 22.4 Å². The third-order valence-corrected chi connectivity index (χ3v) is 4.68. The number of nitrogens with zero attached hydrogens (tertiary/aromatic N) is 3. The lowest BCUT2D eigenvalue weighted by molar-refractivity contribution is -0.0494. The maximum absolute atomic E-state index is 12.6. The molecule has 0 bridgehead atoms. The van der Waals surface area contributed by atoms with Gasteiger partial charge < -0.3 is 4.74 Å². The summed E-state index contributed by atoms with van der Waals surface area (Å²) in [5, 5.41) is 8.59.